The quantitative estimate of drug-likeness (QED) is 0.349. The number of rotatable bonds is 0. The van der Waals surface area contributed by atoms with Crippen molar-refractivity contribution in [3.05, 3.63) is 47.6 Å². The van der Waals surface area contributed by atoms with E-state index in [4.69, 9.17) is 0 Å². The summed E-state index contributed by atoms with van der Waals surface area (Å²) < 4.78 is 1.51. The fourth-order valence-corrected chi connectivity index (χ4v) is 1.84. The second-order valence-corrected chi connectivity index (χ2v) is 10.4. The van der Waals surface area contributed by atoms with E-state index in [1.807, 2.05) is 0 Å². The average molecular weight is 449 g/mol. The largest absolute Gasteiger partial charge is 0.147 e. The van der Waals surface area contributed by atoms with Gasteiger partial charge in [0.25, 0.3) is 0 Å². The Balaban J connectivity index is -0.000000283. The number of hydrogen-bond donors (Lipinski definition) is 0. The zero-order valence-electron chi connectivity index (χ0n) is 16.5. The smallest absolute Gasteiger partial charge is 0.147 e. The molecular formula is C21H34Cl2Zr. The van der Waals surface area contributed by atoms with Gasteiger partial charge in [-0.15, -0.1) is 37.7 Å². The summed E-state index contributed by atoms with van der Waals surface area (Å²) in [6.07, 6.45) is 17.0. The Kier molecular flexibility index (Phi) is 16.3. The first kappa shape index (κ1) is 29.1. The topological polar surface area (TPSA) is 0 Å². The third-order valence-corrected chi connectivity index (χ3v) is 3.13. The van der Waals surface area contributed by atoms with E-state index in [0.717, 1.165) is 12.8 Å². The first-order chi connectivity index (χ1) is 9.94. The Labute approximate surface area is 178 Å². The fraction of sp³-hybridized carbons (Fsp3) is 0.571. The van der Waals surface area contributed by atoms with Crippen molar-refractivity contribution in [1.29, 1.82) is 0 Å². The normalized spacial score (nSPS) is 14.9. The van der Waals surface area contributed by atoms with E-state index < -0.39 is 0 Å². The van der Waals surface area contributed by atoms with Crippen LogP contribution in [0.4, 0.5) is 0 Å². The number of allylic oxidation sites excluding steroid dienone is 8. The van der Waals surface area contributed by atoms with Crippen molar-refractivity contribution < 1.29 is 24.2 Å². The average Bonchev–Trinajstić information content (AvgIpc) is 3.02. The van der Waals surface area contributed by atoms with Crippen LogP contribution in [0.25, 0.3) is 0 Å². The van der Waals surface area contributed by atoms with Crippen LogP contribution in [0.3, 0.4) is 0 Å². The molecule has 136 valence electrons. The Hall–Kier alpha value is 0.293. The van der Waals surface area contributed by atoms with E-state index in [0.29, 0.717) is 10.8 Å². The second-order valence-electron chi connectivity index (χ2n) is 7.92. The van der Waals surface area contributed by atoms with Crippen molar-refractivity contribution in [2.75, 3.05) is 0 Å². The zero-order valence-corrected chi connectivity index (χ0v) is 20.6. The third kappa shape index (κ3) is 14.6. The van der Waals surface area contributed by atoms with Crippen molar-refractivity contribution in [3.8, 4) is 0 Å². The van der Waals surface area contributed by atoms with Gasteiger partial charge in [0.15, 0.2) is 0 Å². The van der Waals surface area contributed by atoms with E-state index in [-0.39, 0.29) is 24.8 Å². The summed E-state index contributed by atoms with van der Waals surface area (Å²) >= 11 is 1.55. The van der Waals surface area contributed by atoms with Gasteiger partial charge < -0.3 is 0 Å². The van der Waals surface area contributed by atoms with E-state index in [9.17, 15) is 0 Å². The first-order valence-electron chi connectivity index (χ1n) is 8.01. The molecule has 2 aliphatic rings. The summed E-state index contributed by atoms with van der Waals surface area (Å²) in [7, 11) is 0. The van der Waals surface area contributed by atoms with Gasteiger partial charge in [0.1, 0.15) is 0 Å². The van der Waals surface area contributed by atoms with Crippen molar-refractivity contribution in [2.45, 2.75) is 68.2 Å². The SMILES string of the molecule is CC(C)(C)C1=CC[C-]=C1.CC(C)(C)C1=CC[C-]=C1.C[C](C)=[Zr+2].Cl.Cl. The van der Waals surface area contributed by atoms with E-state index in [1.54, 1.807) is 24.2 Å². The minimum atomic E-state index is 0. The Morgan fingerprint density at radius 1 is 0.792 bits per heavy atom. The van der Waals surface area contributed by atoms with E-state index >= 15 is 0 Å². The molecule has 0 radical (unpaired) electrons. The predicted octanol–water partition coefficient (Wildman–Crippen LogP) is 7.03. The molecule has 0 bridgehead atoms. The molecule has 0 saturated carbocycles. The van der Waals surface area contributed by atoms with Gasteiger partial charge in [0.05, 0.1) is 0 Å². The van der Waals surface area contributed by atoms with Crippen LogP contribution in [0.5, 0.6) is 0 Å². The van der Waals surface area contributed by atoms with Crippen molar-refractivity contribution in [2.24, 2.45) is 10.8 Å². The van der Waals surface area contributed by atoms with Gasteiger partial charge >= 0.3 is 41.3 Å². The molecule has 0 fully saturated rings. The monoisotopic (exact) mass is 446 g/mol. The van der Waals surface area contributed by atoms with Crippen LogP contribution in [0, 0.1) is 23.0 Å². The van der Waals surface area contributed by atoms with E-state index in [1.165, 1.54) is 14.4 Å². The molecule has 0 aromatic carbocycles. The van der Waals surface area contributed by atoms with Crippen molar-refractivity contribution in [3.63, 3.8) is 0 Å². The maximum atomic E-state index is 3.16. The Bertz CT molecular complexity index is 437. The first-order valence-corrected chi connectivity index (χ1v) is 9.23. The zero-order chi connectivity index (χ0) is 17.4. The van der Waals surface area contributed by atoms with Gasteiger partial charge in [0, 0.05) is 0 Å². The van der Waals surface area contributed by atoms with Crippen LogP contribution in [-0.4, -0.2) is 3.21 Å². The van der Waals surface area contributed by atoms with Gasteiger partial charge in [-0.05, 0) is 0 Å². The Morgan fingerprint density at radius 3 is 1.12 bits per heavy atom. The van der Waals surface area contributed by atoms with Gasteiger partial charge in [-0.2, -0.15) is 23.3 Å². The molecule has 3 heteroatoms. The minimum absolute atomic E-state index is 0. The summed E-state index contributed by atoms with van der Waals surface area (Å²) in [4.78, 5) is 0. The van der Waals surface area contributed by atoms with Crippen LogP contribution in [0.1, 0.15) is 68.2 Å². The minimum Gasteiger partial charge on any atom is -0.147 e. The molecule has 0 unspecified atom stereocenters. The maximum absolute atomic E-state index is 3.16. The molecule has 0 aromatic rings. The molecule has 0 N–H and O–H groups in total. The van der Waals surface area contributed by atoms with Gasteiger partial charge in [-0.25, -0.2) is 12.2 Å². The predicted molar refractivity (Wildman–Crippen MR) is 111 cm³/mol. The number of hydrogen-bond acceptors (Lipinski definition) is 0. The van der Waals surface area contributed by atoms with Crippen molar-refractivity contribution in [1.82, 2.24) is 0 Å². The maximum Gasteiger partial charge on any atom is -0.147 e. The number of halogens is 2. The molecule has 2 aliphatic carbocycles. The van der Waals surface area contributed by atoms with Crippen molar-refractivity contribution >= 4 is 28.0 Å². The molecule has 24 heavy (non-hydrogen) atoms. The molecule has 2 rings (SSSR count). The molecule has 0 atom stereocenters. The van der Waals surface area contributed by atoms with Crippen LogP contribution in [-0.2, 0) is 24.2 Å². The van der Waals surface area contributed by atoms with Gasteiger partial charge in [0.2, 0.25) is 0 Å². The molecule has 0 spiro atoms. The van der Waals surface area contributed by atoms with Crippen LogP contribution < -0.4 is 0 Å². The second kappa shape index (κ2) is 13.5. The summed E-state index contributed by atoms with van der Waals surface area (Å²) in [5.41, 5.74) is 3.48. The Morgan fingerprint density at radius 2 is 1.04 bits per heavy atom. The van der Waals surface area contributed by atoms with Crippen LogP contribution >= 0.6 is 24.8 Å². The molecule has 0 saturated heterocycles. The van der Waals surface area contributed by atoms with Crippen LogP contribution in [0.2, 0.25) is 0 Å². The standard InChI is InChI=1S/2C9H13.C3H6.2ClH.Zr/c2*1-9(2,3)8-6-4-5-7-8;1-3-2;;;/h2*6-7H,4H2,1-3H3;1-2H3;2*1H;/q2*-1;;;;+2. The summed E-state index contributed by atoms with van der Waals surface area (Å²) in [6, 6.07) is 0. The summed E-state index contributed by atoms with van der Waals surface area (Å²) in [6.45, 7) is 17.6. The van der Waals surface area contributed by atoms with E-state index in [2.05, 4.69) is 91.8 Å². The molecule has 0 aromatic heterocycles. The van der Waals surface area contributed by atoms with Crippen LogP contribution in [0.15, 0.2) is 35.5 Å². The van der Waals surface area contributed by atoms with Gasteiger partial charge in [-0.3, -0.25) is 12.2 Å². The molecule has 0 heterocycles. The molecule has 0 nitrogen and oxygen atoms in total. The summed E-state index contributed by atoms with van der Waals surface area (Å²) in [5, 5.41) is 0. The third-order valence-electron chi connectivity index (χ3n) is 3.13. The molecule has 0 aliphatic heterocycles. The molecule has 0 amide bonds. The summed E-state index contributed by atoms with van der Waals surface area (Å²) in [5.74, 6) is 0. The molecular weight excluding hydrogens is 414 g/mol. The fourth-order valence-electron chi connectivity index (χ4n) is 1.84. The van der Waals surface area contributed by atoms with Gasteiger partial charge in [-0.1, -0.05) is 52.4 Å².